The number of carbonyl (C=O) groups is 4. The minimum absolute atomic E-state index is 0.0419. The van der Waals surface area contributed by atoms with Crippen LogP contribution in [0.3, 0.4) is 0 Å². The molecule has 1 amide bonds. The van der Waals surface area contributed by atoms with Gasteiger partial charge in [-0.15, -0.1) is 0 Å². The summed E-state index contributed by atoms with van der Waals surface area (Å²) < 4.78 is 5.07. The van der Waals surface area contributed by atoms with Gasteiger partial charge in [-0.3, -0.25) is 19.7 Å². The van der Waals surface area contributed by atoms with Crippen molar-refractivity contribution < 1.29 is 23.9 Å². The monoisotopic (exact) mass is 298 g/mol. The Morgan fingerprint density at radius 2 is 2.14 bits per heavy atom. The fourth-order valence-electron chi connectivity index (χ4n) is 2.47. The molecule has 1 saturated carbocycles. The van der Waals surface area contributed by atoms with E-state index in [1.54, 1.807) is 0 Å². The minimum atomic E-state index is -0.780. The number of rotatable bonds is 7. The van der Waals surface area contributed by atoms with Crippen LogP contribution < -0.4 is 11.1 Å². The maximum Gasteiger partial charge on any atom is 0.303 e. The molecule has 0 aromatic heterocycles. The fourth-order valence-corrected chi connectivity index (χ4v) is 2.47. The van der Waals surface area contributed by atoms with E-state index in [9.17, 15) is 19.2 Å². The van der Waals surface area contributed by atoms with E-state index in [1.165, 1.54) is 6.92 Å². The van der Waals surface area contributed by atoms with Crippen molar-refractivity contribution in [3.8, 4) is 0 Å². The normalized spacial score (nSPS) is 27.0. The van der Waals surface area contributed by atoms with Gasteiger partial charge in [0.15, 0.2) is 11.9 Å². The number of nitrogens with two attached hydrogens (primary N) is 1. The van der Waals surface area contributed by atoms with Crippen LogP contribution in [0.5, 0.6) is 0 Å². The number of ketones is 1. The number of amides is 1. The highest BCUT2D eigenvalue weighted by atomic mass is 16.5. The topological polar surface area (TPSA) is 116 Å². The molecule has 1 aliphatic rings. The van der Waals surface area contributed by atoms with Crippen molar-refractivity contribution in [2.24, 2.45) is 11.7 Å². The molecule has 0 aliphatic heterocycles. The smallest absolute Gasteiger partial charge is 0.303 e. The highest BCUT2D eigenvalue weighted by Gasteiger charge is 2.38. The zero-order chi connectivity index (χ0) is 16.0. The Balaban J connectivity index is 2.64. The molecule has 3 N–H and O–H groups in total. The van der Waals surface area contributed by atoms with Gasteiger partial charge >= 0.3 is 5.97 Å². The van der Waals surface area contributed by atoms with Gasteiger partial charge in [0.2, 0.25) is 5.91 Å². The van der Waals surface area contributed by atoms with Crippen LogP contribution in [0, 0.1) is 5.92 Å². The van der Waals surface area contributed by atoms with Gasteiger partial charge < -0.3 is 15.3 Å². The number of Topliss-reactive ketones (excluding diaryl/α,β-unsaturated/α-hetero) is 1. The second-order valence-corrected chi connectivity index (χ2v) is 5.45. The zero-order valence-electron chi connectivity index (χ0n) is 12.3. The predicted octanol–water partition coefficient (Wildman–Crippen LogP) is -0.292. The number of esters is 1. The van der Waals surface area contributed by atoms with E-state index in [0.29, 0.717) is 19.1 Å². The van der Waals surface area contributed by atoms with E-state index in [2.05, 4.69) is 5.32 Å². The molecule has 0 saturated heterocycles. The number of hydrogen-bond donors (Lipinski definition) is 2. The lowest BCUT2D eigenvalue weighted by atomic mass is 9.83. The number of ether oxygens (including phenoxy) is 1. The van der Waals surface area contributed by atoms with Crippen LogP contribution in [-0.2, 0) is 23.9 Å². The van der Waals surface area contributed by atoms with Crippen LogP contribution >= 0.6 is 0 Å². The highest BCUT2D eigenvalue weighted by molar-refractivity contribution is 5.91. The van der Waals surface area contributed by atoms with E-state index in [1.807, 2.05) is 6.92 Å². The van der Waals surface area contributed by atoms with Crippen LogP contribution in [0.25, 0.3) is 0 Å². The minimum Gasteiger partial charge on any atom is -0.454 e. The number of aldehydes is 1. The number of nitrogens with one attached hydrogen (secondary N) is 1. The van der Waals surface area contributed by atoms with Gasteiger partial charge in [-0.2, -0.15) is 0 Å². The van der Waals surface area contributed by atoms with Gasteiger partial charge in [0.05, 0.1) is 12.1 Å². The molecule has 0 heterocycles. The molecular weight excluding hydrogens is 276 g/mol. The maximum atomic E-state index is 12.3. The summed E-state index contributed by atoms with van der Waals surface area (Å²) in [5, 5.41) is 2.92. The quantitative estimate of drug-likeness (QED) is 0.493. The summed E-state index contributed by atoms with van der Waals surface area (Å²) in [4.78, 5) is 45.1. The van der Waals surface area contributed by atoms with Crippen LogP contribution in [-0.4, -0.2) is 42.1 Å². The Kier molecular flexibility index (Phi) is 6.48. The Hall–Kier alpha value is -1.76. The molecule has 7 heteroatoms. The lowest BCUT2D eigenvalue weighted by Gasteiger charge is -2.33. The largest absolute Gasteiger partial charge is 0.454 e. The second-order valence-electron chi connectivity index (χ2n) is 5.45. The lowest BCUT2D eigenvalue weighted by molar-refractivity contribution is -0.159. The molecule has 0 spiro atoms. The van der Waals surface area contributed by atoms with Gasteiger partial charge in [-0.25, -0.2) is 0 Å². The summed E-state index contributed by atoms with van der Waals surface area (Å²) in [6.45, 7) is 3.12. The molecule has 0 bridgehead atoms. The summed E-state index contributed by atoms with van der Waals surface area (Å²) in [5.41, 5.74) is 5.04. The molecule has 0 radical (unpaired) electrons. The van der Waals surface area contributed by atoms with Gasteiger partial charge in [0, 0.05) is 19.3 Å². The summed E-state index contributed by atoms with van der Waals surface area (Å²) in [5.74, 6) is -1.26. The third-order valence-corrected chi connectivity index (χ3v) is 3.63. The molecule has 4 atom stereocenters. The van der Waals surface area contributed by atoms with E-state index in [4.69, 9.17) is 10.5 Å². The molecule has 1 aliphatic carbocycles. The first-order valence-corrected chi connectivity index (χ1v) is 7.05. The van der Waals surface area contributed by atoms with Crippen molar-refractivity contribution in [1.82, 2.24) is 5.32 Å². The standard InChI is InChI=1S/C14H22N2O5/c1-8-3-5-11(13(20)14(8)21-9(2)18)16-10(7-17)4-6-12(15)19/h7-8,10-11,14,16H,3-6H2,1-2H3,(H2,15,19). The van der Waals surface area contributed by atoms with Crippen molar-refractivity contribution in [3.63, 3.8) is 0 Å². The fraction of sp³-hybridized carbons (Fsp3) is 0.714. The van der Waals surface area contributed by atoms with Crippen LogP contribution in [0.2, 0.25) is 0 Å². The second kappa shape index (κ2) is 7.87. The van der Waals surface area contributed by atoms with Crippen molar-refractivity contribution in [2.75, 3.05) is 0 Å². The Morgan fingerprint density at radius 1 is 1.48 bits per heavy atom. The highest BCUT2D eigenvalue weighted by Crippen LogP contribution is 2.25. The molecule has 118 valence electrons. The summed E-state index contributed by atoms with van der Waals surface area (Å²) in [6, 6.07) is -1.16. The zero-order valence-corrected chi connectivity index (χ0v) is 12.3. The third kappa shape index (κ3) is 5.26. The van der Waals surface area contributed by atoms with Crippen LogP contribution in [0.15, 0.2) is 0 Å². The molecule has 1 fully saturated rings. The van der Waals surface area contributed by atoms with Crippen molar-refractivity contribution in [2.45, 2.75) is 57.7 Å². The molecule has 0 aromatic rings. The van der Waals surface area contributed by atoms with Gasteiger partial charge in [-0.05, 0) is 19.3 Å². The summed E-state index contributed by atoms with van der Waals surface area (Å²) >= 11 is 0. The van der Waals surface area contributed by atoms with Gasteiger partial charge in [0.1, 0.15) is 6.29 Å². The first-order valence-electron chi connectivity index (χ1n) is 7.05. The lowest BCUT2D eigenvalue weighted by Crippen LogP contribution is -2.53. The molecule has 0 aromatic carbocycles. The summed E-state index contributed by atoms with van der Waals surface area (Å²) in [6.07, 6.45) is 1.48. The number of primary amides is 1. The molecular formula is C14H22N2O5. The molecule has 1 rings (SSSR count). The van der Waals surface area contributed by atoms with E-state index >= 15 is 0 Å². The van der Waals surface area contributed by atoms with Crippen molar-refractivity contribution >= 4 is 23.9 Å². The average Bonchev–Trinajstić information content (AvgIpc) is 2.41. The van der Waals surface area contributed by atoms with Gasteiger partial charge in [0.25, 0.3) is 0 Å². The predicted molar refractivity (Wildman–Crippen MR) is 74.2 cm³/mol. The summed E-state index contributed by atoms with van der Waals surface area (Å²) in [7, 11) is 0. The first kappa shape index (κ1) is 17.3. The van der Waals surface area contributed by atoms with E-state index in [0.717, 1.165) is 0 Å². The first-order chi connectivity index (χ1) is 9.85. The SMILES string of the molecule is CC(=O)OC1C(=O)C(NC(C=O)CCC(N)=O)CCC1C. The van der Waals surface area contributed by atoms with Crippen molar-refractivity contribution in [1.29, 1.82) is 0 Å². The van der Waals surface area contributed by atoms with E-state index < -0.39 is 30.1 Å². The average molecular weight is 298 g/mol. The third-order valence-electron chi connectivity index (χ3n) is 3.63. The van der Waals surface area contributed by atoms with Crippen LogP contribution in [0.4, 0.5) is 0 Å². The van der Waals surface area contributed by atoms with Crippen LogP contribution in [0.1, 0.15) is 39.5 Å². The van der Waals surface area contributed by atoms with Gasteiger partial charge in [-0.1, -0.05) is 6.92 Å². The van der Waals surface area contributed by atoms with Crippen molar-refractivity contribution in [3.05, 3.63) is 0 Å². The number of carbonyl (C=O) groups excluding carboxylic acids is 4. The van der Waals surface area contributed by atoms with E-state index in [-0.39, 0.29) is 24.5 Å². The molecule has 4 unspecified atom stereocenters. The molecule has 7 nitrogen and oxygen atoms in total. The Morgan fingerprint density at radius 3 is 2.67 bits per heavy atom. The number of hydrogen-bond acceptors (Lipinski definition) is 6. The maximum absolute atomic E-state index is 12.3. The Bertz CT molecular complexity index is 424. The molecule has 21 heavy (non-hydrogen) atoms. The Labute approximate surface area is 123 Å².